The standard InChI is InChI=1S/C21H32O/c1-6-22-21(5)13-7-12-20(4)18-10-8-16(15(2)3)14-17(18)9-11-19(20)21/h8,10,14-15,19H,6-7,9,11-13H2,1-5H3. The highest BCUT2D eigenvalue weighted by Gasteiger charge is 2.52. The van der Waals surface area contributed by atoms with Crippen molar-refractivity contribution in [2.24, 2.45) is 5.92 Å². The number of fused-ring (bicyclic) bond motifs is 3. The molecule has 2 aliphatic rings. The van der Waals surface area contributed by atoms with E-state index in [1.165, 1.54) is 37.7 Å². The van der Waals surface area contributed by atoms with E-state index in [-0.39, 0.29) is 5.60 Å². The number of hydrogen-bond acceptors (Lipinski definition) is 1. The van der Waals surface area contributed by atoms with Crippen molar-refractivity contribution in [2.45, 2.75) is 83.7 Å². The number of ether oxygens (including phenoxy) is 1. The lowest BCUT2D eigenvalue weighted by Gasteiger charge is -2.55. The van der Waals surface area contributed by atoms with Crippen LogP contribution in [-0.4, -0.2) is 12.2 Å². The average Bonchev–Trinajstić information content (AvgIpc) is 2.46. The Bertz CT molecular complexity index is 543. The normalized spacial score (nSPS) is 34.4. The van der Waals surface area contributed by atoms with Gasteiger partial charge in [0.2, 0.25) is 0 Å². The zero-order valence-electron chi connectivity index (χ0n) is 15.0. The third-order valence-corrected chi connectivity index (χ3v) is 6.46. The van der Waals surface area contributed by atoms with Crippen LogP contribution in [0.4, 0.5) is 0 Å². The van der Waals surface area contributed by atoms with Gasteiger partial charge >= 0.3 is 0 Å². The maximum absolute atomic E-state index is 6.28. The van der Waals surface area contributed by atoms with Gasteiger partial charge < -0.3 is 4.74 Å². The van der Waals surface area contributed by atoms with Gasteiger partial charge in [-0.05, 0) is 79.9 Å². The van der Waals surface area contributed by atoms with Crippen molar-refractivity contribution in [1.82, 2.24) is 0 Å². The Hall–Kier alpha value is -0.820. The molecule has 1 aromatic rings. The molecule has 3 atom stereocenters. The summed E-state index contributed by atoms with van der Waals surface area (Å²) < 4.78 is 6.28. The van der Waals surface area contributed by atoms with E-state index in [4.69, 9.17) is 4.74 Å². The van der Waals surface area contributed by atoms with Crippen LogP contribution in [0.5, 0.6) is 0 Å². The highest BCUT2D eigenvalue weighted by Crippen LogP contribution is 2.55. The van der Waals surface area contributed by atoms with Crippen molar-refractivity contribution in [1.29, 1.82) is 0 Å². The van der Waals surface area contributed by atoms with Gasteiger partial charge in [-0.2, -0.15) is 0 Å². The Kier molecular flexibility index (Phi) is 4.14. The number of rotatable bonds is 3. The maximum atomic E-state index is 6.28. The Morgan fingerprint density at radius 1 is 1.23 bits per heavy atom. The summed E-state index contributed by atoms with van der Waals surface area (Å²) in [5.74, 6) is 1.28. The molecule has 0 heterocycles. The molecule has 0 spiro atoms. The molecule has 0 saturated heterocycles. The second-order valence-electron chi connectivity index (χ2n) is 8.18. The molecule has 0 N–H and O–H groups in total. The van der Waals surface area contributed by atoms with Crippen LogP contribution in [0.3, 0.4) is 0 Å². The molecule has 1 saturated carbocycles. The van der Waals surface area contributed by atoms with Gasteiger partial charge in [0.05, 0.1) is 5.60 Å². The molecule has 1 nitrogen and oxygen atoms in total. The third kappa shape index (κ3) is 2.42. The lowest BCUT2D eigenvalue weighted by atomic mass is 9.53. The lowest BCUT2D eigenvalue weighted by Crippen LogP contribution is -2.54. The summed E-state index contributed by atoms with van der Waals surface area (Å²) in [6.07, 6.45) is 6.32. The van der Waals surface area contributed by atoms with Crippen molar-refractivity contribution < 1.29 is 4.74 Å². The molecule has 3 rings (SSSR count). The van der Waals surface area contributed by atoms with Crippen LogP contribution in [-0.2, 0) is 16.6 Å². The smallest absolute Gasteiger partial charge is 0.0690 e. The zero-order valence-corrected chi connectivity index (χ0v) is 15.0. The van der Waals surface area contributed by atoms with Crippen LogP contribution in [0.25, 0.3) is 0 Å². The summed E-state index contributed by atoms with van der Waals surface area (Å²) in [7, 11) is 0. The molecule has 22 heavy (non-hydrogen) atoms. The van der Waals surface area contributed by atoms with Crippen molar-refractivity contribution in [3.05, 3.63) is 34.9 Å². The van der Waals surface area contributed by atoms with E-state index in [0.717, 1.165) is 6.61 Å². The van der Waals surface area contributed by atoms with Gasteiger partial charge in [0, 0.05) is 6.61 Å². The molecular weight excluding hydrogens is 268 g/mol. The first kappa shape index (κ1) is 16.1. The van der Waals surface area contributed by atoms with Crippen molar-refractivity contribution in [3.63, 3.8) is 0 Å². The number of aryl methyl sites for hydroxylation is 1. The van der Waals surface area contributed by atoms with Gasteiger partial charge in [0.15, 0.2) is 0 Å². The fourth-order valence-corrected chi connectivity index (χ4v) is 5.31. The largest absolute Gasteiger partial charge is 0.375 e. The maximum Gasteiger partial charge on any atom is 0.0690 e. The van der Waals surface area contributed by atoms with E-state index < -0.39 is 0 Å². The molecule has 0 aliphatic heterocycles. The molecule has 122 valence electrons. The minimum atomic E-state index is 0.0656. The molecular formula is C21H32O. The van der Waals surface area contributed by atoms with E-state index in [2.05, 4.69) is 52.8 Å². The highest BCUT2D eigenvalue weighted by atomic mass is 16.5. The fourth-order valence-electron chi connectivity index (χ4n) is 5.31. The lowest BCUT2D eigenvalue weighted by molar-refractivity contribution is -0.121. The summed E-state index contributed by atoms with van der Waals surface area (Å²) >= 11 is 0. The van der Waals surface area contributed by atoms with E-state index in [9.17, 15) is 0 Å². The summed E-state index contributed by atoms with van der Waals surface area (Å²) in [5, 5.41) is 0. The van der Waals surface area contributed by atoms with Crippen LogP contribution in [0.15, 0.2) is 18.2 Å². The molecule has 1 fully saturated rings. The van der Waals surface area contributed by atoms with Crippen LogP contribution in [0.2, 0.25) is 0 Å². The predicted octanol–water partition coefficient (Wildman–Crippen LogP) is 5.61. The van der Waals surface area contributed by atoms with Gasteiger partial charge in [-0.25, -0.2) is 0 Å². The fraction of sp³-hybridized carbons (Fsp3) is 0.714. The SMILES string of the molecule is CCOC1(C)CCCC2(C)c3ccc(C(C)C)cc3CCC12. The van der Waals surface area contributed by atoms with Crippen LogP contribution < -0.4 is 0 Å². The molecule has 1 aromatic carbocycles. The second kappa shape index (κ2) is 5.67. The average molecular weight is 300 g/mol. The summed E-state index contributed by atoms with van der Waals surface area (Å²) in [4.78, 5) is 0. The molecule has 0 amide bonds. The van der Waals surface area contributed by atoms with Crippen molar-refractivity contribution in [2.75, 3.05) is 6.61 Å². The van der Waals surface area contributed by atoms with Gasteiger partial charge in [0.1, 0.15) is 0 Å². The van der Waals surface area contributed by atoms with Gasteiger partial charge in [0.25, 0.3) is 0 Å². The van der Waals surface area contributed by atoms with Crippen LogP contribution in [0, 0.1) is 5.92 Å². The van der Waals surface area contributed by atoms with Crippen molar-refractivity contribution in [3.8, 4) is 0 Å². The minimum Gasteiger partial charge on any atom is -0.375 e. The molecule has 2 aliphatic carbocycles. The summed E-state index contributed by atoms with van der Waals surface area (Å²) in [6.45, 7) is 12.4. The van der Waals surface area contributed by atoms with E-state index >= 15 is 0 Å². The Morgan fingerprint density at radius 2 is 2.00 bits per heavy atom. The first-order valence-electron chi connectivity index (χ1n) is 9.18. The molecule has 0 aromatic heterocycles. The molecule has 0 bridgehead atoms. The molecule has 0 radical (unpaired) electrons. The zero-order chi connectivity index (χ0) is 16.0. The van der Waals surface area contributed by atoms with Crippen LogP contribution >= 0.6 is 0 Å². The summed E-state index contributed by atoms with van der Waals surface area (Å²) in [5.41, 5.74) is 5.06. The molecule has 3 unspecified atom stereocenters. The second-order valence-corrected chi connectivity index (χ2v) is 8.18. The predicted molar refractivity (Wildman–Crippen MR) is 93.6 cm³/mol. The highest BCUT2D eigenvalue weighted by molar-refractivity contribution is 5.42. The van der Waals surface area contributed by atoms with Crippen molar-refractivity contribution >= 4 is 0 Å². The summed E-state index contributed by atoms with van der Waals surface area (Å²) in [6, 6.07) is 7.28. The first-order chi connectivity index (χ1) is 10.4. The Labute approximate surface area is 136 Å². The number of benzene rings is 1. The van der Waals surface area contributed by atoms with E-state index in [0.29, 0.717) is 17.3 Å². The van der Waals surface area contributed by atoms with Crippen LogP contribution in [0.1, 0.15) is 82.9 Å². The first-order valence-corrected chi connectivity index (χ1v) is 9.18. The topological polar surface area (TPSA) is 9.23 Å². The van der Waals surface area contributed by atoms with Gasteiger partial charge in [-0.3, -0.25) is 0 Å². The molecule has 1 heteroatoms. The third-order valence-electron chi connectivity index (χ3n) is 6.46. The van der Waals surface area contributed by atoms with E-state index in [1.54, 1.807) is 11.1 Å². The number of hydrogen-bond donors (Lipinski definition) is 0. The quantitative estimate of drug-likeness (QED) is 0.705. The monoisotopic (exact) mass is 300 g/mol. The van der Waals surface area contributed by atoms with Gasteiger partial charge in [-0.1, -0.05) is 39.0 Å². The Balaban J connectivity index is 2.02. The van der Waals surface area contributed by atoms with Gasteiger partial charge in [-0.15, -0.1) is 0 Å². The van der Waals surface area contributed by atoms with E-state index in [1.807, 2.05) is 0 Å². The Morgan fingerprint density at radius 3 is 2.68 bits per heavy atom. The minimum absolute atomic E-state index is 0.0656.